The van der Waals surface area contributed by atoms with Gasteiger partial charge in [-0.25, -0.2) is 0 Å². The quantitative estimate of drug-likeness (QED) is 0.479. The molecule has 6 nitrogen and oxygen atoms in total. The van der Waals surface area contributed by atoms with Gasteiger partial charge in [-0.05, 0) is 35.7 Å². The molecule has 0 saturated carbocycles. The van der Waals surface area contributed by atoms with Gasteiger partial charge in [-0.1, -0.05) is 55.4 Å². The number of carbonyl (C=O) groups excluding carboxylic acids is 1. The lowest BCUT2D eigenvalue weighted by Crippen LogP contribution is -2.31. The summed E-state index contributed by atoms with van der Waals surface area (Å²) in [6, 6.07) is 15.5. The van der Waals surface area contributed by atoms with E-state index < -0.39 is 0 Å². The average Bonchev–Trinajstić information content (AvgIpc) is 3.03. The molecule has 3 rings (SSSR count). The Labute approximate surface area is 175 Å². The van der Waals surface area contributed by atoms with E-state index in [4.69, 9.17) is 9.47 Å². The molecule has 152 valence electrons. The summed E-state index contributed by atoms with van der Waals surface area (Å²) >= 11 is 1.49. The van der Waals surface area contributed by atoms with Gasteiger partial charge in [0.2, 0.25) is 5.91 Å². The van der Waals surface area contributed by atoms with Gasteiger partial charge in [0.25, 0.3) is 0 Å². The van der Waals surface area contributed by atoms with Crippen molar-refractivity contribution in [2.75, 3.05) is 14.2 Å². The predicted molar refractivity (Wildman–Crippen MR) is 118 cm³/mol. The van der Waals surface area contributed by atoms with Crippen molar-refractivity contribution >= 4 is 29.1 Å². The number of rotatable bonds is 8. The monoisotopic (exact) mass is 411 g/mol. The maximum atomic E-state index is 12.8. The molecule has 1 saturated heterocycles. The second-order valence-electron chi connectivity index (χ2n) is 6.55. The molecule has 1 heterocycles. The highest BCUT2D eigenvalue weighted by atomic mass is 32.2. The van der Waals surface area contributed by atoms with E-state index in [0.717, 1.165) is 24.0 Å². The topological polar surface area (TPSA) is 63.5 Å². The molecule has 0 bridgehead atoms. The molecule has 1 amide bonds. The maximum absolute atomic E-state index is 12.8. The minimum Gasteiger partial charge on any atom is -0.493 e. The molecule has 2 aromatic carbocycles. The molecular formula is C22H25N3O3S. The van der Waals surface area contributed by atoms with Crippen LogP contribution in [0.3, 0.4) is 0 Å². The van der Waals surface area contributed by atoms with Gasteiger partial charge in [0.1, 0.15) is 0 Å². The Kier molecular flexibility index (Phi) is 7.30. The van der Waals surface area contributed by atoms with Gasteiger partial charge in [-0.3, -0.25) is 9.69 Å². The van der Waals surface area contributed by atoms with Crippen molar-refractivity contribution in [3.05, 3.63) is 59.7 Å². The van der Waals surface area contributed by atoms with Gasteiger partial charge in [-0.15, -0.1) is 5.10 Å². The van der Waals surface area contributed by atoms with Crippen LogP contribution >= 0.6 is 11.8 Å². The summed E-state index contributed by atoms with van der Waals surface area (Å²) in [6.07, 6.45) is 3.42. The molecule has 1 aliphatic rings. The van der Waals surface area contributed by atoms with Gasteiger partial charge in [0.15, 0.2) is 16.7 Å². The molecular weight excluding hydrogens is 386 g/mol. The number of carbonyl (C=O) groups is 1. The van der Waals surface area contributed by atoms with E-state index in [1.54, 1.807) is 25.3 Å². The molecule has 0 aliphatic carbocycles. The van der Waals surface area contributed by atoms with E-state index >= 15 is 0 Å². The standard InChI is InChI=1S/C22H25N3O3S/c1-4-8-20-21(26)25(15-16-9-6-5-7-10-16)22(29-20)24-23-14-17-11-12-18(27-2)19(13-17)28-3/h5-7,9-14,20H,4,8,15H2,1-3H3/b23-14-,24-22-/t20-/m0/s1. The van der Waals surface area contributed by atoms with Gasteiger partial charge < -0.3 is 9.47 Å². The van der Waals surface area contributed by atoms with Gasteiger partial charge in [0.05, 0.1) is 32.2 Å². The van der Waals surface area contributed by atoms with Gasteiger partial charge in [-0.2, -0.15) is 5.10 Å². The fraction of sp³-hybridized carbons (Fsp3) is 0.318. The van der Waals surface area contributed by atoms with Crippen LogP contribution in [0.4, 0.5) is 0 Å². The summed E-state index contributed by atoms with van der Waals surface area (Å²) < 4.78 is 10.6. The molecule has 7 heteroatoms. The highest BCUT2D eigenvalue weighted by Crippen LogP contribution is 2.32. The van der Waals surface area contributed by atoms with Gasteiger partial charge in [0, 0.05) is 0 Å². The SMILES string of the molecule is CCC[C@@H]1S/C(=N\N=C/c2ccc(OC)c(OC)c2)N(Cc2ccccc2)C1=O. The summed E-state index contributed by atoms with van der Waals surface area (Å²) in [4.78, 5) is 14.6. The van der Waals surface area contributed by atoms with Crippen LogP contribution in [0.25, 0.3) is 0 Å². The van der Waals surface area contributed by atoms with Gasteiger partial charge >= 0.3 is 0 Å². The molecule has 0 unspecified atom stereocenters. The summed E-state index contributed by atoms with van der Waals surface area (Å²) in [5.41, 5.74) is 1.90. The van der Waals surface area contributed by atoms with Crippen LogP contribution in [-0.4, -0.2) is 41.7 Å². The van der Waals surface area contributed by atoms with Crippen molar-refractivity contribution in [1.82, 2.24) is 4.90 Å². The largest absolute Gasteiger partial charge is 0.493 e. The Bertz CT molecular complexity index is 899. The molecule has 29 heavy (non-hydrogen) atoms. The average molecular weight is 412 g/mol. The zero-order chi connectivity index (χ0) is 20.6. The van der Waals surface area contributed by atoms with E-state index in [0.29, 0.717) is 23.2 Å². The lowest BCUT2D eigenvalue weighted by atomic mass is 10.2. The molecule has 0 N–H and O–H groups in total. The van der Waals surface area contributed by atoms with E-state index in [1.165, 1.54) is 11.8 Å². The number of hydrogen-bond donors (Lipinski definition) is 0. The number of benzene rings is 2. The Balaban J connectivity index is 1.80. The highest BCUT2D eigenvalue weighted by Gasteiger charge is 2.37. The first-order valence-electron chi connectivity index (χ1n) is 9.51. The van der Waals surface area contributed by atoms with Crippen LogP contribution in [-0.2, 0) is 11.3 Å². The lowest BCUT2D eigenvalue weighted by molar-refractivity contribution is -0.126. The zero-order valence-electron chi connectivity index (χ0n) is 16.9. The minimum atomic E-state index is -0.0984. The molecule has 0 radical (unpaired) electrons. The van der Waals surface area contributed by atoms with Crippen LogP contribution < -0.4 is 9.47 Å². The summed E-state index contributed by atoms with van der Waals surface area (Å²) in [7, 11) is 3.19. The third-order valence-corrected chi connectivity index (χ3v) is 5.75. The Morgan fingerprint density at radius 3 is 2.55 bits per heavy atom. The first-order valence-corrected chi connectivity index (χ1v) is 10.4. The van der Waals surface area contributed by atoms with Crippen molar-refractivity contribution in [3.63, 3.8) is 0 Å². The van der Waals surface area contributed by atoms with E-state index in [2.05, 4.69) is 17.1 Å². The van der Waals surface area contributed by atoms with Crippen molar-refractivity contribution < 1.29 is 14.3 Å². The fourth-order valence-corrected chi connectivity index (χ4v) is 4.23. The van der Waals surface area contributed by atoms with Crippen molar-refractivity contribution in [2.24, 2.45) is 10.2 Å². The van der Waals surface area contributed by atoms with Crippen LogP contribution in [0.15, 0.2) is 58.7 Å². The first-order chi connectivity index (χ1) is 14.2. The Morgan fingerprint density at radius 2 is 1.86 bits per heavy atom. The lowest BCUT2D eigenvalue weighted by Gasteiger charge is -2.15. The Morgan fingerprint density at radius 1 is 1.10 bits per heavy atom. The second kappa shape index (κ2) is 10.1. The third-order valence-electron chi connectivity index (χ3n) is 4.51. The number of ether oxygens (including phenoxy) is 2. The van der Waals surface area contributed by atoms with Crippen LogP contribution in [0.1, 0.15) is 30.9 Å². The van der Waals surface area contributed by atoms with Crippen molar-refractivity contribution in [3.8, 4) is 11.5 Å². The van der Waals surface area contributed by atoms with Crippen molar-refractivity contribution in [2.45, 2.75) is 31.6 Å². The van der Waals surface area contributed by atoms with E-state index in [9.17, 15) is 4.79 Å². The van der Waals surface area contributed by atoms with Crippen molar-refractivity contribution in [1.29, 1.82) is 0 Å². The number of thioether (sulfide) groups is 1. The summed E-state index contributed by atoms with van der Waals surface area (Å²) in [5.74, 6) is 1.38. The molecule has 1 atom stereocenters. The second-order valence-corrected chi connectivity index (χ2v) is 7.72. The van der Waals surface area contributed by atoms with Crippen LogP contribution in [0, 0.1) is 0 Å². The molecule has 1 aliphatic heterocycles. The predicted octanol–water partition coefficient (Wildman–Crippen LogP) is 4.34. The normalized spacial score (nSPS) is 18.0. The Hall–Kier alpha value is -2.80. The molecule has 2 aromatic rings. The number of methoxy groups -OCH3 is 2. The molecule has 1 fully saturated rings. The maximum Gasteiger partial charge on any atom is 0.242 e. The summed E-state index contributed by atoms with van der Waals surface area (Å²) in [5, 5.41) is 9.12. The van der Waals surface area contributed by atoms with Crippen LogP contribution in [0.5, 0.6) is 11.5 Å². The number of hydrogen-bond acceptors (Lipinski definition) is 6. The molecule has 0 spiro atoms. The number of nitrogens with zero attached hydrogens (tertiary/aromatic N) is 3. The number of amides is 1. The first kappa shape index (κ1) is 20.9. The number of amidine groups is 1. The summed E-state index contributed by atoms with van der Waals surface area (Å²) in [6.45, 7) is 2.58. The van der Waals surface area contributed by atoms with Crippen LogP contribution in [0.2, 0.25) is 0 Å². The zero-order valence-corrected chi connectivity index (χ0v) is 17.7. The third kappa shape index (κ3) is 5.17. The fourth-order valence-electron chi connectivity index (χ4n) is 3.02. The molecule has 0 aromatic heterocycles. The van der Waals surface area contributed by atoms with E-state index in [-0.39, 0.29) is 11.2 Å². The minimum absolute atomic E-state index is 0.0979. The smallest absolute Gasteiger partial charge is 0.242 e. The highest BCUT2D eigenvalue weighted by molar-refractivity contribution is 8.15. The van der Waals surface area contributed by atoms with E-state index in [1.807, 2.05) is 48.5 Å².